The minimum absolute atomic E-state index is 2.77. The van der Waals surface area contributed by atoms with E-state index in [2.05, 4.69) is 4.18 Å². The molecule has 1 saturated carbocycles. The second-order valence-electron chi connectivity index (χ2n) is 3.73. The Balaban J connectivity index is 3.00. The van der Waals surface area contributed by atoms with Crippen LogP contribution in [0.5, 0.6) is 0 Å². The topological polar surface area (TPSA) is 63.6 Å². The van der Waals surface area contributed by atoms with Crippen LogP contribution in [0.1, 0.15) is 0 Å². The number of aliphatic hydroxyl groups is 1. The van der Waals surface area contributed by atoms with Gasteiger partial charge in [0, 0.05) is 0 Å². The molecule has 1 aliphatic rings. The Hall–Kier alpha value is -0.620. The number of hydrogen-bond acceptors (Lipinski definition) is 4. The summed E-state index contributed by atoms with van der Waals surface area (Å²) in [7, 11) is -6.42. The van der Waals surface area contributed by atoms with Crippen molar-refractivity contribution in [3.05, 3.63) is 0 Å². The lowest BCUT2D eigenvalue weighted by Gasteiger charge is -2.36. The number of aliphatic hydroxyl groups excluding tert-OH is 1. The summed E-state index contributed by atoms with van der Waals surface area (Å²) in [6.45, 7) is 0. The maximum Gasteiger partial charge on any atom is 0.523 e. The zero-order valence-electron chi connectivity index (χ0n) is 8.69. The van der Waals surface area contributed by atoms with Crippen LogP contribution in [-0.2, 0) is 14.3 Å². The SMILES string of the molecule is O=S(=O)(OC1[C@@H](F)[C@@H](F)C(O)[C@@H](F)[C@H]1F)C(F)(F)F. The molecule has 4 nitrogen and oxygen atoms in total. The monoisotopic (exact) mass is 320 g/mol. The molecule has 0 spiro atoms. The Labute approximate surface area is 102 Å². The van der Waals surface area contributed by atoms with Crippen molar-refractivity contribution in [2.24, 2.45) is 0 Å². The van der Waals surface area contributed by atoms with Crippen molar-refractivity contribution >= 4 is 10.1 Å². The van der Waals surface area contributed by atoms with Gasteiger partial charge in [0.05, 0.1) is 0 Å². The van der Waals surface area contributed by atoms with Gasteiger partial charge in [0.2, 0.25) is 0 Å². The second kappa shape index (κ2) is 5.05. The van der Waals surface area contributed by atoms with Gasteiger partial charge in [0.1, 0.15) is 12.2 Å². The van der Waals surface area contributed by atoms with E-state index in [4.69, 9.17) is 5.11 Å². The molecule has 12 heteroatoms. The molecule has 0 aromatic heterocycles. The summed E-state index contributed by atoms with van der Waals surface area (Å²) in [5.41, 5.74) is -6.00. The molecule has 0 aliphatic heterocycles. The van der Waals surface area contributed by atoms with Crippen LogP contribution in [0.3, 0.4) is 0 Å². The van der Waals surface area contributed by atoms with Crippen LogP contribution in [0, 0.1) is 0 Å². The fourth-order valence-electron chi connectivity index (χ4n) is 1.40. The third-order valence-corrected chi connectivity index (χ3v) is 3.45. The van der Waals surface area contributed by atoms with E-state index in [1.54, 1.807) is 0 Å². The molecular weight excluding hydrogens is 313 g/mol. The Morgan fingerprint density at radius 3 is 1.58 bits per heavy atom. The van der Waals surface area contributed by atoms with Crippen molar-refractivity contribution < 1.29 is 48.4 Å². The van der Waals surface area contributed by atoms with E-state index in [0.717, 1.165) is 0 Å². The second-order valence-corrected chi connectivity index (χ2v) is 5.29. The van der Waals surface area contributed by atoms with E-state index in [0.29, 0.717) is 0 Å². The average Bonchev–Trinajstić information content (AvgIpc) is 2.28. The van der Waals surface area contributed by atoms with Gasteiger partial charge < -0.3 is 5.11 Å². The molecule has 1 fully saturated rings. The summed E-state index contributed by atoms with van der Waals surface area (Å²) in [6, 6.07) is 0. The zero-order valence-corrected chi connectivity index (χ0v) is 9.51. The van der Waals surface area contributed by atoms with Gasteiger partial charge in [-0.1, -0.05) is 0 Å². The highest BCUT2D eigenvalue weighted by molar-refractivity contribution is 7.87. The summed E-state index contributed by atoms with van der Waals surface area (Å²) >= 11 is 0. The highest BCUT2D eigenvalue weighted by atomic mass is 32.2. The van der Waals surface area contributed by atoms with Crippen molar-refractivity contribution in [1.29, 1.82) is 0 Å². The fraction of sp³-hybridized carbons (Fsp3) is 1.00. The Morgan fingerprint density at radius 2 is 1.26 bits per heavy atom. The molecule has 0 radical (unpaired) electrons. The molecule has 0 saturated heterocycles. The van der Waals surface area contributed by atoms with Crippen LogP contribution in [0.15, 0.2) is 0 Å². The van der Waals surface area contributed by atoms with E-state index in [1.807, 2.05) is 0 Å². The molecule has 0 amide bonds. The standard InChI is InChI=1S/C7H7F7O4S/c8-1-3(10)6(4(11)2(9)5(1)15)18-19(16,17)7(12,13)14/h1-6,15H/t1-,2+,3+,4-,5?,6?. The summed E-state index contributed by atoms with van der Waals surface area (Å²) in [4.78, 5) is 0. The Morgan fingerprint density at radius 1 is 0.895 bits per heavy atom. The maximum absolute atomic E-state index is 13.1. The Kier molecular flexibility index (Phi) is 4.37. The summed E-state index contributed by atoms with van der Waals surface area (Å²) in [5, 5.41) is 8.71. The molecule has 0 aromatic carbocycles. The van der Waals surface area contributed by atoms with Crippen molar-refractivity contribution in [3.8, 4) is 0 Å². The molecule has 0 aromatic rings. The van der Waals surface area contributed by atoms with E-state index < -0.39 is 52.5 Å². The summed E-state index contributed by atoms with van der Waals surface area (Å²) in [6.07, 6.45) is -18.7. The first kappa shape index (κ1) is 16.4. The van der Waals surface area contributed by atoms with Gasteiger partial charge in [-0.3, -0.25) is 4.18 Å². The highest BCUT2D eigenvalue weighted by Gasteiger charge is 2.58. The highest BCUT2D eigenvalue weighted by Crippen LogP contribution is 2.35. The minimum atomic E-state index is -6.42. The summed E-state index contributed by atoms with van der Waals surface area (Å²) in [5.74, 6) is 0. The van der Waals surface area contributed by atoms with Crippen molar-refractivity contribution in [2.45, 2.75) is 42.4 Å². The maximum atomic E-state index is 13.1. The molecule has 2 unspecified atom stereocenters. The zero-order chi connectivity index (χ0) is 15.2. The van der Waals surface area contributed by atoms with E-state index in [-0.39, 0.29) is 0 Å². The van der Waals surface area contributed by atoms with E-state index in [9.17, 15) is 39.2 Å². The summed E-state index contributed by atoms with van der Waals surface area (Å²) < 4.78 is 112. The molecule has 0 heterocycles. The van der Waals surface area contributed by atoms with E-state index >= 15 is 0 Å². The largest absolute Gasteiger partial charge is 0.523 e. The van der Waals surface area contributed by atoms with Gasteiger partial charge in [-0.15, -0.1) is 0 Å². The smallest absolute Gasteiger partial charge is 0.387 e. The van der Waals surface area contributed by atoms with Crippen molar-refractivity contribution in [1.82, 2.24) is 0 Å². The molecule has 1 aliphatic carbocycles. The average molecular weight is 320 g/mol. The fourth-order valence-corrected chi connectivity index (χ4v) is 2.01. The number of rotatable bonds is 2. The van der Waals surface area contributed by atoms with Crippen LogP contribution in [0.25, 0.3) is 0 Å². The molecule has 19 heavy (non-hydrogen) atoms. The number of alkyl halides is 7. The first-order valence-electron chi connectivity index (χ1n) is 4.64. The number of hydrogen-bond donors (Lipinski definition) is 1. The molecule has 1 N–H and O–H groups in total. The predicted molar refractivity (Wildman–Crippen MR) is 45.4 cm³/mol. The van der Waals surface area contributed by atoms with Gasteiger partial charge in [0.15, 0.2) is 24.7 Å². The molecule has 1 rings (SSSR count). The lowest BCUT2D eigenvalue weighted by Crippen LogP contribution is -2.59. The lowest BCUT2D eigenvalue weighted by molar-refractivity contribution is -0.143. The molecule has 0 bridgehead atoms. The van der Waals surface area contributed by atoms with Gasteiger partial charge in [-0.25, -0.2) is 17.6 Å². The van der Waals surface area contributed by atoms with Crippen LogP contribution < -0.4 is 0 Å². The van der Waals surface area contributed by atoms with Gasteiger partial charge in [-0.2, -0.15) is 21.6 Å². The van der Waals surface area contributed by atoms with E-state index in [1.165, 1.54) is 0 Å². The van der Waals surface area contributed by atoms with Crippen LogP contribution in [-0.4, -0.2) is 55.9 Å². The lowest BCUT2D eigenvalue weighted by atomic mass is 9.88. The van der Waals surface area contributed by atoms with Crippen LogP contribution in [0.4, 0.5) is 30.7 Å². The van der Waals surface area contributed by atoms with Gasteiger partial charge >= 0.3 is 15.6 Å². The van der Waals surface area contributed by atoms with Crippen molar-refractivity contribution in [3.63, 3.8) is 0 Å². The first-order chi connectivity index (χ1) is 8.40. The Bertz CT molecular complexity index is 408. The quantitative estimate of drug-likeness (QED) is 0.467. The molecule has 6 atom stereocenters. The third-order valence-electron chi connectivity index (χ3n) is 2.41. The van der Waals surface area contributed by atoms with Crippen molar-refractivity contribution in [2.75, 3.05) is 0 Å². The minimum Gasteiger partial charge on any atom is -0.387 e. The van der Waals surface area contributed by atoms with Crippen LogP contribution in [0.2, 0.25) is 0 Å². The van der Waals surface area contributed by atoms with Gasteiger partial charge in [0.25, 0.3) is 0 Å². The third kappa shape index (κ3) is 2.94. The first-order valence-corrected chi connectivity index (χ1v) is 6.05. The number of halogens is 7. The van der Waals surface area contributed by atoms with Gasteiger partial charge in [-0.05, 0) is 0 Å². The molecular formula is C7H7F7O4S. The predicted octanol–water partition coefficient (Wildman–Crippen LogP) is 0.948. The molecule has 114 valence electrons. The normalized spacial score (nSPS) is 41.3. The van der Waals surface area contributed by atoms with Crippen LogP contribution >= 0.6 is 0 Å².